The third-order valence-electron chi connectivity index (χ3n) is 13.2. The van der Waals surface area contributed by atoms with E-state index in [0.29, 0.717) is 30.3 Å². The zero-order valence-electron chi connectivity index (χ0n) is 31.1. The van der Waals surface area contributed by atoms with Gasteiger partial charge >= 0.3 is 0 Å². The summed E-state index contributed by atoms with van der Waals surface area (Å²) in [5.74, 6) is -0.631. The van der Waals surface area contributed by atoms with Crippen molar-refractivity contribution in [2.45, 2.75) is 107 Å². The second-order valence-electron chi connectivity index (χ2n) is 16.8. The molecule has 2 aliphatic carbocycles. The minimum atomic E-state index is -4.47. The Hall–Kier alpha value is -4.20. The van der Waals surface area contributed by atoms with Crippen molar-refractivity contribution in [3.8, 4) is 5.75 Å². The maximum atomic E-state index is 13.4. The molecule has 0 aromatic heterocycles. The van der Waals surface area contributed by atoms with Crippen molar-refractivity contribution in [3.63, 3.8) is 0 Å². The predicted molar refractivity (Wildman–Crippen MR) is 206 cm³/mol. The number of amides is 1. The minimum Gasteiger partial charge on any atom is -0.489 e. The molecule has 3 aromatic carbocycles. The molecule has 12 nitrogen and oxygen atoms in total. The van der Waals surface area contributed by atoms with Gasteiger partial charge in [-0.15, -0.1) is 0 Å². The van der Waals surface area contributed by atoms with E-state index in [2.05, 4.69) is 51.0 Å². The lowest BCUT2D eigenvalue weighted by Crippen LogP contribution is -2.54. The number of anilines is 2. The van der Waals surface area contributed by atoms with Crippen LogP contribution in [-0.4, -0.2) is 73.2 Å². The Morgan fingerprint density at radius 3 is 2.39 bits per heavy atom. The molecule has 0 radical (unpaired) electrons. The van der Waals surface area contributed by atoms with Gasteiger partial charge in [-0.2, -0.15) is 0 Å². The molecule has 8 rings (SSSR count). The van der Waals surface area contributed by atoms with E-state index >= 15 is 0 Å². The smallest absolute Gasteiger partial charge is 0.297 e. The van der Waals surface area contributed by atoms with Crippen molar-refractivity contribution in [1.29, 1.82) is 0 Å². The number of hydrogen-bond donors (Lipinski definition) is 3. The highest BCUT2D eigenvalue weighted by Gasteiger charge is 2.50. The summed E-state index contributed by atoms with van der Waals surface area (Å²) in [5.41, 5.74) is 3.38. The van der Waals surface area contributed by atoms with E-state index in [9.17, 15) is 28.4 Å². The van der Waals surface area contributed by atoms with Gasteiger partial charge in [0.2, 0.25) is 0 Å². The lowest BCUT2D eigenvalue weighted by molar-refractivity contribution is -0.384. The number of nitro groups is 1. The molecule has 0 bridgehead atoms. The number of carbonyl (C=O) groups excluding carboxylic acids is 1. The van der Waals surface area contributed by atoms with Crippen molar-refractivity contribution in [2.75, 3.05) is 36.5 Å². The Morgan fingerprint density at radius 1 is 1.00 bits per heavy atom. The Balaban J connectivity index is 0.868. The Bertz CT molecular complexity index is 2010. The first-order valence-corrected chi connectivity index (χ1v) is 21.0. The van der Waals surface area contributed by atoms with Crippen molar-refractivity contribution in [2.24, 2.45) is 11.3 Å². The average molecular weight is 758 g/mol. The van der Waals surface area contributed by atoms with Gasteiger partial charge in [0.15, 0.2) is 11.4 Å². The van der Waals surface area contributed by atoms with E-state index in [1.54, 1.807) is 12.1 Å². The molecule has 2 saturated carbocycles. The van der Waals surface area contributed by atoms with E-state index in [-0.39, 0.29) is 35.6 Å². The van der Waals surface area contributed by atoms with Gasteiger partial charge in [-0.05, 0) is 131 Å². The number of rotatable bonds is 8. The zero-order valence-corrected chi connectivity index (χ0v) is 31.9. The van der Waals surface area contributed by atoms with Gasteiger partial charge in [0.05, 0.1) is 21.5 Å². The average Bonchev–Trinajstić information content (AvgIpc) is 3.62. The second-order valence-corrected chi connectivity index (χ2v) is 18.4. The van der Waals surface area contributed by atoms with Crippen LogP contribution in [0.25, 0.3) is 0 Å². The van der Waals surface area contributed by atoms with Gasteiger partial charge in [-0.1, -0.05) is 24.3 Å². The fraction of sp³-hybridized carbons (Fsp3) is 0.537. The largest absolute Gasteiger partial charge is 0.489 e. The summed E-state index contributed by atoms with van der Waals surface area (Å²) < 4.78 is 34.8. The summed E-state index contributed by atoms with van der Waals surface area (Å²) >= 11 is 0. The number of nitro benzene ring substituents is 1. The Morgan fingerprint density at radius 2 is 1.70 bits per heavy atom. The Kier molecular flexibility index (Phi) is 9.63. The number of fused-ring (bicyclic) bond motifs is 1. The molecule has 3 aliphatic heterocycles. The fourth-order valence-corrected chi connectivity index (χ4v) is 10.9. The number of sulfonamides is 1. The first kappa shape index (κ1) is 36.8. The van der Waals surface area contributed by atoms with Crippen LogP contribution in [0.2, 0.25) is 0 Å². The molecule has 1 amide bonds. The van der Waals surface area contributed by atoms with Crippen LogP contribution < -0.4 is 19.7 Å². The number of benzene rings is 3. The van der Waals surface area contributed by atoms with Crippen molar-refractivity contribution < 1.29 is 28.0 Å². The highest BCUT2D eigenvalue weighted by Crippen LogP contribution is 2.54. The molecular weight excluding hydrogens is 707 g/mol. The molecule has 13 heteroatoms. The maximum absolute atomic E-state index is 13.4. The normalized spacial score (nSPS) is 27.0. The van der Waals surface area contributed by atoms with Crippen LogP contribution in [0.5, 0.6) is 5.75 Å². The van der Waals surface area contributed by atoms with Crippen LogP contribution in [0.4, 0.5) is 17.1 Å². The molecule has 288 valence electrons. The van der Waals surface area contributed by atoms with Crippen LogP contribution in [0, 0.1) is 28.4 Å². The van der Waals surface area contributed by atoms with E-state index in [4.69, 9.17) is 4.74 Å². The molecule has 3 N–H and O–H groups in total. The number of nitrogens with one attached hydrogen (secondary N) is 2. The van der Waals surface area contributed by atoms with Gasteiger partial charge in [0.25, 0.3) is 21.6 Å². The van der Waals surface area contributed by atoms with Crippen molar-refractivity contribution in [3.05, 3.63) is 87.5 Å². The molecule has 3 heterocycles. The molecule has 0 unspecified atom stereocenters. The van der Waals surface area contributed by atoms with E-state index < -0.39 is 37.0 Å². The molecular formula is C41H51N5O7S. The lowest BCUT2D eigenvalue weighted by atomic mass is 9.59. The number of aryl methyl sites for hydroxylation is 1. The lowest BCUT2D eigenvalue weighted by Gasteiger charge is -2.56. The topological polar surface area (TPSA) is 154 Å². The monoisotopic (exact) mass is 757 g/mol. The molecule has 3 aromatic rings. The third kappa shape index (κ3) is 7.17. The Labute approximate surface area is 317 Å². The van der Waals surface area contributed by atoms with Crippen LogP contribution in [0.15, 0.2) is 65.6 Å². The third-order valence-corrected chi connectivity index (χ3v) is 14.5. The van der Waals surface area contributed by atoms with E-state index in [0.717, 1.165) is 50.5 Å². The molecule has 4 fully saturated rings. The molecule has 1 spiro atoms. The van der Waals surface area contributed by atoms with Gasteiger partial charge in [-0.25, -0.2) is 13.1 Å². The molecule has 54 heavy (non-hydrogen) atoms. The highest BCUT2D eigenvalue weighted by molar-refractivity contribution is 7.90. The summed E-state index contributed by atoms with van der Waals surface area (Å²) in [6, 6.07) is 18.9. The van der Waals surface area contributed by atoms with Gasteiger partial charge in [-0.3, -0.25) is 19.8 Å². The summed E-state index contributed by atoms with van der Waals surface area (Å²) in [7, 11) is -4.47. The van der Waals surface area contributed by atoms with Crippen molar-refractivity contribution >= 4 is 33.0 Å². The molecule has 2 atom stereocenters. The van der Waals surface area contributed by atoms with Gasteiger partial charge < -0.3 is 20.1 Å². The first-order valence-electron chi connectivity index (χ1n) is 19.5. The first-order chi connectivity index (χ1) is 25.8. The number of hydrogen-bond acceptors (Lipinski definition) is 10. The maximum Gasteiger partial charge on any atom is 0.297 e. The van der Waals surface area contributed by atoms with Crippen LogP contribution in [0.3, 0.4) is 0 Å². The number of aliphatic hydroxyl groups is 1. The zero-order chi connectivity index (χ0) is 37.8. The van der Waals surface area contributed by atoms with Gasteiger partial charge in [0, 0.05) is 48.6 Å². The van der Waals surface area contributed by atoms with Crippen molar-refractivity contribution in [1.82, 2.24) is 9.62 Å². The van der Waals surface area contributed by atoms with Crippen LogP contribution in [-0.2, 0) is 10.0 Å². The second kappa shape index (κ2) is 14.1. The molecule has 2 saturated heterocycles. The summed E-state index contributed by atoms with van der Waals surface area (Å²) in [5, 5.41) is 25.7. The minimum absolute atomic E-state index is 0.0451. The van der Waals surface area contributed by atoms with E-state index in [1.807, 2.05) is 19.1 Å². The summed E-state index contributed by atoms with van der Waals surface area (Å²) in [6.45, 7) is 7.29. The standard InChI is InChI=1S/C41H51N5O7S/c1-27-6-3-4-7-33(27)35-8-5-19-45(35)31-24-41(25-31)17-20-44(21-18-41)30-11-9-29(10-12-30)39(47)43-54(51,52)32-22-36(46(49)50)38-37(23-32)53-26-34(42-38)28-13-15-40(2,48)16-14-28/h3-4,6-7,9-12,22-23,28,31,34-35,42,48H,5,8,13-21,24-26H2,1-2H3,(H,43,47)/t28?,34-,35+,40?/m1/s1. The number of carbonyl (C=O) groups is 1. The van der Waals surface area contributed by atoms with Crippen LogP contribution in [0.1, 0.15) is 98.7 Å². The SMILES string of the molecule is Cc1ccccc1[C@@H]1CCCN1C1CC2(CCN(c3ccc(C(=O)NS(=O)(=O)c4cc5c(c([N+](=O)[O-])c4)N[C@@H](C4CCC(C)(O)CC4)CO5)cc3)CC2)C1. The van der Waals surface area contributed by atoms with Crippen LogP contribution >= 0.6 is 0 Å². The predicted octanol–water partition coefficient (Wildman–Crippen LogP) is 6.72. The van der Waals surface area contributed by atoms with E-state index in [1.165, 1.54) is 49.4 Å². The number of piperidine rings is 1. The summed E-state index contributed by atoms with van der Waals surface area (Å²) in [6.07, 6.45) is 9.98. The highest BCUT2D eigenvalue weighted by atomic mass is 32.2. The van der Waals surface area contributed by atoms with Gasteiger partial charge in [0.1, 0.15) is 6.61 Å². The number of likely N-dealkylation sites (tertiary alicyclic amines) is 1. The fourth-order valence-electron chi connectivity index (χ4n) is 9.87. The number of nitrogens with zero attached hydrogens (tertiary/aromatic N) is 3. The summed E-state index contributed by atoms with van der Waals surface area (Å²) in [4.78, 5) is 29.3. The number of ether oxygens (including phenoxy) is 1. The quantitative estimate of drug-likeness (QED) is 0.167. The molecule has 5 aliphatic rings.